The number of ether oxygens (including phenoxy) is 4. The van der Waals surface area contributed by atoms with Crippen molar-refractivity contribution in [2.24, 2.45) is 0 Å². The molecule has 0 fully saturated rings. The molecule has 14 heteroatoms. The van der Waals surface area contributed by atoms with Crippen LogP contribution in [0.15, 0.2) is 24.3 Å². The van der Waals surface area contributed by atoms with E-state index in [2.05, 4.69) is 45.1 Å². The summed E-state index contributed by atoms with van der Waals surface area (Å²) in [6.07, 6.45) is 48.1. The molecule has 12 nitrogen and oxygen atoms in total. The molecule has 0 saturated carbocycles. The number of phosphoric ester groups is 1. The standard InChI is InChI=1S/C58H110NO11P.ClH/c1-7-10-13-16-19-22-25-27-29-31-33-35-38-41-44-47-56(60)66-52-55(69-57(61)48-45-42-39-36-34-32-30-28-26-23-20-17-14-11-8-2)53-68-71(63,64)70-54(50-59(4,5)6)51-67-58(62)65-49-46-43-40-37-24-21-18-15-12-9-3;/h27-30,54-55H,7-26,31-53H2,1-6H3;1H/b29-27-,30-28-;/t54?,55-;/m1./s1. The number of carbonyl (C=O) groups excluding carboxylic acids is 3. The number of hydrogen-bond donors (Lipinski definition) is 1. The summed E-state index contributed by atoms with van der Waals surface area (Å²) in [7, 11) is 0.855. The Kier molecular flexibility index (Phi) is 52.6. The lowest BCUT2D eigenvalue weighted by Gasteiger charge is -2.29. The first-order valence-corrected chi connectivity index (χ1v) is 30.7. The van der Waals surface area contributed by atoms with Gasteiger partial charge in [0.2, 0.25) is 0 Å². The minimum absolute atomic E-state index is 0. The fourth-order valence-electron chi connectivity index (χ4n) is 8.37. The molecule has 0 aromatic heterocycles. The monoisotopic (exact) mass is 1060 g/mol. The average Bonchev–Trinajstić information content (AvgIpc) is 3.32. The van der Waals surface area contributed by atoms with Gasteiger partial charge in [0.05, 0.1) is 34.4 Å². The molecule has 0 aliphatic rings. The fourth-order valence-corrected chi connectivity index (χ4v) is 9.29. The molecular weight excluding hydrogens is 953 g/mol. The van der Waals surface area contributed by atoms with Crippen LogP contribution in [0.4, 0.5) is 4.79 Å². The molecule has 0 heterocycles. The molecule has 0 amide bonds. The summed E-state index contributed by atoms with van der Waals surface area (Å²) in [6, 6.07) is 0. The maximum Gasteiger partial charge on any atom is 0.508 e. The lowest BCUT2D eigenvalue weighted by molar-refractivity contribution is -0.873. The van der Waals surface area contributed by atoms with Crippen LogP contribution in [0.5, 0.6) is 0 Å². The van der Waals surface area contributed by atoms with E-state index < -0.39 is 44.7 Å². The van der Waals surface area contributed by atoms with Crippen molar-refractivity contribution in [3.05, 3.63) is 24.3 Å². The summed E-state index contributed by atoms with van der Waals surface area (Å²) >= 11 is 0. The summed E-state index contributed by atoms with van der Waals surface area (Å²) < 4.78 is 46.4. The van der Waals surface area contributed by atoms with Gasteiger partial charge in [0.15, 0.2) is 12.2 Å². The maximum atomic E-state index is 13.3. The van der Waals surface area contributed by atoms with Crippen LogP contribution >= 0.6 is 7.82 Å². The summed E-state index contributed by atoms with van der Waals surface area (Å²) in [5.41, 5.74) is 0. The van der Waals surface area contributed by atoms with E-state index in [1.807, 2.05) is 21.1 Å². The number of likely N-dealkylation sites (N-methyl/N-ethyl adjacent to an activating group) is 1. The second-order valence-corrected chi connectivity index (χ2v) is 22.4. The van der Waals surface area contributed by atoms with Crippen LogP contribution in [0.1, 0.15) is 265 Å². The molecule has 72 heavy (non-hydrogen) atoms. The molecule has 1 N–H and O–H groups in total. The van der Waals surface area contributed by atoms with Gasteiger partial charge in [-0.05, 0) is 70.6 Å². The van der Waals surface area contributed by atoms with Crippen molar-refractivity contribution in [3.63, 3.8) is 0 Å². The smallest absolute Gasteiger partial charge is 0.508 e. The molecule has 0 rings (SSSR count). The minimum Gasteiger partial charge on any atom is -1.00 e. The second kappa shape index (κ2) is 52.5. The van der Waals surface area contributed by atoms with E-state index in [-0.39, 0.29) is 51.6 Å². The minimum atomic E-state index is -4.77. The first-order valence-electron chi connectivity index (χ1n) is 29.2. The van der Waals surface area contributed by atoms with Crippen LogP contribution in [0.25, 0.3) is 0 Å². The SMILES string of the molecule is CCCCCCCC/C=C\CCCCCCCC(=O)OC[C@H](COP(=O)(O)OC(COC(=O)OCCCCCCCCCCCC)C[N+](C)(C)C)OC(=O)CCCCCCC/C=C\CCCCCCCC.[Cl-]. The Morgan fingerprint density at radius 1 is 0.458 bits per heavy atom. The molecule has 0 aliphatic heterocycles. The lowest BCUT2D eigenvalue weighted by atomic mass is 10.1. The van der Waals surface area contributed by atoms with E-state index in [1.165, 1.54) is 122 Å². The van der Waals surface area contributed by atoms with Crippen LogP contribution in [-0.4, -0.2) is 93.8 Å². The molecule has 0 bridgehead atoms. The number of esters is 2. The van der Waals surface area contributed by atoms with E-state index in [0.717, 1.165) is 96.3 Å². The third-order valence-electron chi connectivity index (χ3n) is 12.6. The number of nitrogens with zero attached hydrogens (tertiary/aromatic N) is 1. The number of carbonyl (C=O) groups is 3. The zero-order valence-electron chi connectivity index (χ0n) is 47.2. The van der Waals surface area contributed by atoms with Crippen molar-refractivity contribution < 1.29 is 68.7 Å². The summed E-state index contributed by atoms with van der Waals surface area (Å²) in [6.45, 7) is 5.97. The molecule has 0 spiro atoms. The van der Waals surface area contributed by atoms with Crippen LogP contribution in [0.2, 0.25) is 0 Å². The van der Waals surface area contributed by atoms with E-state index >= 15 is 0 Å². The van der Waals surface area contributed by atoms with E-state index in [9.17, 15) is 23.8 Å². The van der Waals surface area contributed by atoms with Gasteiger partial charge < -0.3 is 40.7 Å². The van der Waals surface area contributed by atoms with Gasteiger partial charge in [-0.3, -0.25) is 18.6 Å². The predicted molar refractivity (Wildman–Crippen MR) is 292 cm³/mol. The van der Waals surface area contributed by atoms with Gasteiger partial charge in [-0.2, -0.15) is 0 Å². The van der Waals surface area contributed by atoms with Crippen LogP contribution in [0, 0.1) is 0 Å². The molecule has 3 atom stereocenters. The Balaban J connectivity index is 0. The first-order chi connectivity index (χ1) is 34.3. The third-order valence-corrected chi connectivity index (χ3v) is 13.6. The highest BCUT2D eigenvalue weighted by molar-refractivity contribution is 7.47. The van der Waals surface area contributed by atoms with Crippen LogP contribution in [0.3, 0.4) is 0 Å². The first kappa shape index (κ1) is 72.1. The highest BCUT2D eigenvalue weighted by atomic mass is 35.5. The zero-order chi connectivity index (χ0) is 52.4. The molecule has 0 aromatic carbocycles. The third kappa shape index (κ3) is 54.3. The van der Waals surface area contributed by atoms with Gasteiger partial charge in [-0.1, -0.05) is 206 Å². The van der Waals surface area contributed by atoms with Crippen molar-refractivity contribution in [2.75, 3.05) is 54.1 Å². The lowest BCUT2D eigenvalue weighted by Crippen LogP contribution is -3.00. The molecule has 2 unspecified atom stereocenters. The number of rotatable bonds is 53. The normalized spacial score (nSPS) is 13.5. The highest BCUT2D eigenvalue weighted by Crippen LogP contribution is 2.45. The van der Waals surface area contributed by atoms with E-state index in [4.69, 9.17) is 28.0 Å². The largest absolute Gasteiger partial charge is 1.00 e. The number of quaternary nitrogens is 1. The van der Waals surface area contributed by atoms with Gasteiger partial charge in [-0.15, -0.1) is 0 Å². The number of halogens is 1. The Morgan fingerprint density at radius 2 is 0.819 bits per heavy atom. The van der Waals surface area contributed by atoms with Crippen molar-refractivity contribution in [1.82, 2.24) is 0 Å². The Hall–Kier alpha value is -1.95. The van der Waals surface area contributed by atoms with Gasteiger partial charge in [0, 0.05) is 12.8 Å². The predicted octanol–water partition coefficient (Wildman–Crippen LogP) is 13.8. The fraction of sp³-hybridized carbons (Fsp3) is 0.879. The quantitative estimate of drug-likeness (QED) is 0.0155. The molecular formula is C58H111ClNO11P. The second-order valence-electron chi connectivity index (χ2n) is 21.0. The Morgan fingerprint density at radius 3 is 1.24 bits per heavy atom. The topological polar surface area (TPSA) is 144 Å². The summed E-state index contributed by atoms with van der Waals surface area (Å²) in [5, 5.41) is 0. The number of unbranched alkanes of at least 4 members (excludes halogenated alkanes) is 31. The Labute approximate surface area is 448 Å². The number of allylic oxidation sites excluding steroid dienone is 4. The van der Waals surface area contributed by atoms with Gasteiger partial charge in [-0.25, -0.2) is 9.36 Å². The van der Waals surface area contributed by atoms with Gasteiger partial charge >= 0.3 is 25.9 Å². The summed E-state index contributed by atoms with van der Waals surface area (Å²) in [4.78, 5) is 49.1. The summed E-state index contributed by atoms with van der Waals surface area (Å²) in [5.74, 6) is -0.921. The van der Waals surface area contributed by atoms with Crippen molar-refractivity contribution in [3.8, 4) is 0 Å². The van der Waals surface area contributed by atoms with Gasteiger partial charge in [0.1, 0.15) is 19.8 Å². The number of hydrogen-bond acceptors (Lipinski definition) is 10. The molecule has 0 aromatic rings. The Bertz CT molecular complexity index is 1340. The zero-order valence-corrected chi connectivity index (χ0v) is 48.8. The van der Waals surface area contributed by atoms with Crippen molar-refractivity contribution >= 4 is 25.9 Å². The maximum absolute atomic E-state index is 13.3. The molecule has 0 aliphatic carbocycles. The molecule has 0 radical (unpaired) electrons. The van der Waals surface area contributed by atoms with Crippen LogP contribution < -0.4 is 12.4 Å². The molecule has 0 saturated heterocycles. The number of phosphoric acid groups is 1. The van der Waals surface area contributed by atoms with Crippen molar-refractivity contribution in [1.29, 1.82) is 0 Å². The molecule has 426 valence electrons. The van der Waals surface area contributed by atoms with E-state index in [1.54, 1.807) is 0 Å². The van der Waals surface area contributed by atoms with Crippen molar-refractivity contribution in [2.45, 2.75) is 277 Å². The van der Waals surface area contributed by atoms with E-state index in [0.29, 0.717) is 17.3 Å². The average molecular weight is 1060 g/mol. The highest BCUT2D eigenvalue weighted by Gasteiger charge is 2.33. The van der Waals surface area contributed by atoms with Crippen LogP contribution in [-0.2, 0) is 42.1 Å². The van der Waals surface area contributed by atoms with Gasteiger partial charge in [0.25, 0.3) is 0 Å².